The highest BCUT2D eigenvalue weighted by Gasteiger charge is 2.27. The molecule has 1 nitrogen and oxygen atoms in total. The first-order chi connectivity index (χ1) is 7.33. The summed E-state index contributed by atoms with van der Waals surface area (Å²) < 4.78 is 13.5. The molecular formula is C13H14FN. The van der Waals surface area contributed by atoms with E-state index in [0.717, 1.165) is 12.8 Å². The van der Waals surface area contributed by atoms with Crippen molar-refractivity contribution in [3.8, 4) is 6.07 Å². The SMILES string of the molecule is N#CC(c1ccccc1F)C1CCCC1. The van der Waals surface area contributed by atoms with Crippen LogP contribution in [0.4, 0.5) is 4.39 Å². The number of halogens is 1. The normalized spacial score (nSPS) is 18.7. The van der Waals surface area contributed by atoms with Gasteiger partial charge in [0.1, 0.15) is 5.82 Å². The molecule has 2 rings (SSSR count). The quantitative estimate of drug-likeness (QED) is 0.720. The molecule has 1 atom stereocenters. The van der Waals surface area contributed by atoms with Crippen LogP contribution in [0.1, 0.15) is 37.2 Å². The van der Waals surface area contributed by atoms with Crippen molar-refractivity contribution < 1.29 is 4.39 Å². The molecule has 0 saturated heterocycles. The van der Waals surface area contributed by atoms with Gasteiger partial charge in [0, 0.05) is 5.56 Å². The second kappa shape index (κ2) is 4.44. The van der Waals surface area contributed by atoms with Gasteiger partial charge >= 0.3 is 0 Å². The van der Waals surface area contributed by atoms with Gasteiger partial charge in [-0.3, -0.25) is 0 Å². The Morgan fingerprint density at radius 1 is 1.27 bits per heavy atom. The fraction of sp³-hybridized carbons (Fsp3) is 0.462. The summed E-state index contributed by atoms with van der Waals surface area (Å²) >= 11 is 0. The van der Waals surface area contributed by atoms with E-state index in [0.29, 0.717) is 11.5 Å². The molecule has 0 radical (unpaired) electrons. The fourth-order valence-electron chi connectivity index (χ4n) is 2.45. The van der Waals surface area contributed by atoms with E-state index in [4.69, 9.17) is 5.26 Å². The molecule has 1 aromatic carbocycles. The van der Waals surface area contributed by atoms with Gasteiger partial charge in [0.15, 0.2) is 0 Å². The third-order valence-electron chi connectivity index (χ3n) is 3.25. The first-order valence-corrected chi connectivity index (χ1v) is 5.47. The lowest BCUT2D eigenvalue weighted by Crippen LogP contribution is -2.09. The molecule has 2 heteroatoms. The van der Waals surface area contributed by atoms with Crippen LogP contribution in [0.5, 0.6) is 0 Å². The van der Waals surface area contributed by atoms with Gasteiger partial charge in [-0.25, -0.2) is 4.39 Å². The molecule has 0 spiro atoms. The van der Waals surface area contributed by atoms with Crippen molar-refractivity contribution in [2.75, 3.05) is 0 Å². The molecule has 1 aliphatic rings. The Morgan fingerprint density at radius 2 is 1.93 bits per heavy atom. The van der Waals surface area contributed by atoms with Gasteiger partial charge in [0.25, 0.3) is 0 Å². The highest BCUT2D eigenvalue weighted by Crippen LogP contribution is 2.37. The molecule has 1 aromatic rings. The smallest absolute Gasteiger partial charge is 0.127 e. The third-order valence-corrected chi connectivity index (χ3v) is 3.25. The number of nitriles is 1. The Hall–Kier alpha value is -1.36. The zero-order valence-electron chi connectivity index (χ0n) is 8.62. The van der Waals surface area contributed by atoms with Crippen molar-refractivity contribution >= 4 is 0 Å². The Balaban J connectivity index is 2.27. The molecule has 0 amide bonds. The van der Waals surface area contributed by atoms with Crippen LogP contribution in [-0.2, 0) is 0 Å². The van der Waals surface area contributed by atoms with Crippen LogP contribution < -0.4 is 0 Å². The maximum Gasteiger partial charge on any atom is 0.127 e. The van der Waals surface area contributed by atoms with Crippen molar-refractivity contribution in [1.82, 2.24) is 0 Å². The predicted octanol–water partition coefficient (Wildman–Crippen LogP) is 3.62. The number of nitrogens with zero attached hydrogens (tertiary/aromatic N) is 1. The van der Waals surface area contributed by atoms with Crippen LogP contribution in [0, 0.1) is 23.1 Å². The Kier molecular flexibility index (Phi) is 3.01. The van der Waals surface area contributed by atoms with E-state index in [2.05, 4.69) is 6.07 Å². The second-order valence-electron chi connectivity index (χ2n) is 4.17. The van der Waals surface area contributed by atoms with Crippen LogP contribution in [-0.4, -0.2) is 0 Å². The fourth-order valence-corrected chi connectivity index (χ4v) is 2.45. The van der Waals surface area contributed by atoms with Crippen molar-refractivity contribution in [2.24, 2.45) is 5.92 Å². The lowest BCUT2D eigenvalue weighted by molar-refractivity contribution is 0.481. The number of hydrogen-bond acceptors (Lipinski definition) is 1. The van der Waals surface area contributed by atoms with Crippen LogP contribution in [0.25, 0.3) is 0 Å². The van der Waals surface area contributed by atoms with E-state index < -0.39 is 0 Å². The summed E-state index contributed by atoms with van der Waals surface area (Å²) in [5.74, 6) is -0.142. The molecular weight excluding hydrogens is 189 g/mol. The minimum absolute atomic E-state index is 0.240. The molecule has 0 aromatic heterocycles. The van der Waals surface area contributed by atoms with Gasteiger partial charge in [-0.05, 0) is 24.8 Å². The monoisotopic (exact) mass is 203 g/mol. The number of hydrogen-bond donors (Lipinski definition) is 0. The van der Waals surface area contributed by atoms with Crippen molar-refractivity contribution in [3.05, 3.63) is 35.6 Å². The van der Waals surface area contributed by atoms with Gasteiger partial charge in [-0.15, -0.1) is 0 Å². The molecule has 0 bridgehead atoms. The van der Waals surface area contributed by atoms with Crippen LogP contribution in [0.3, 0.4) is 0 Å². The zero-order chi connectivity index (χ0) is 10.7. The summed E-state index contributed by atoms with van der Waals surface area (Å²) in [6.07, 6.45) is 4.48. The Morgan fingerprint density at radius 3 is 2.53 bits per heavy atom. The summed E-state index contributed by atoms with van der Waals surface area (Å²) in [7, 11) is 0. The molecule has 15 heavy (non-hydrogen) atoms. The van der Waals surface area contributed by atoms with Gasteiger partial charge in [-0.2, -0.15) is 5.26 Å². The van der Waals surface area contributed by atoms with Crippen molar-refractivity contribution in [2.45, 2.75) is 31.6 Å². The van der Waals surface area contributed by atoms with E-state index in [-0.39, 0.29) is 11.7 Å². The van der Waals surface area contributed by atoms with E-state index in [1.807, 2.05) is 0 Å². The minimum atomic E-state index is -0.256. The molecule has 0 heterocycles. The topological polar surface area (TPSA) is 23.8 Å². The number of benzene rings is 1. The van der Waals surface area contributed by atoms with Crippen molar-refractivity contribution in [3.63, 3.8) is 0 Å². The van der Waals surface area contributed by atoms with Crippen LogP contribution in [0.15, 0.2) is 24.3 Å². The Labute approximate surface area is 89.5 Å². The summed E-state index contributed by atoms with van der Waals surface area (Å²) in [5, 5.41) is 9.15. The van der Waals surface area contributed by atoms with Crippen LogP contribution >= 0.6 is 0 Å². The minimum Gasteiger partial charge on any atom is -0.207 e. The van der Waals surface area contributed by atoms with Gasteiger partial charge in [-0.1, -0.05) is 31.0 Å². The molecule has 0 aliphatic heterocycles. The van der Waals surface area contributed by atoms with Gasteiger partial charge in [0.2, 0.25) is 0 Å². The van der Waals surface area contributed by atoms with Crippen LogP contribution in [0.2, 0.25) is 0 Å². The average Bonchev–Trinajstić information content (AvgIpc) is 2.75. The van der Waals surface area contributed by atoms with E-state index >= 15 is 0 Å². The summed E-state index contributed by atoms with van der Waals surface area (Å²) in [6, 6.07) is 8.91. The molecule has 78 valence electrons. The molecule has 1 saturated carbocycles. The lowest BCUT2D eigenvalue weighted by Gasteiger charge is -2.16. The van der Waals surface area contributed by atoms with E-state index in [9.17, 15) is 4.39 Å². The molecule has 1 unspecified atom stereocenters. The lowest BCUT2D eigenvalue weighted by atomic mass is 9.86. The van der Waals surface area contributed by atoms with Gasteiger partial charge in [0.05, 0.1) is 12.0 Å². The third kappa shape index (κ3) is 2.02. The molecule has 0 N–H and O–H groups in total. The molecule has 1 aliphatic carbocycles. The van der Waals surface area contributed by atoms with Crippen molar-refractivity contribution in [1.29, 1.82) is 5.26 Å². The maximum atomic E-state index is 13.5. The van der Waals surface area contributed by atoms with Gasteiger partial charge < -0.3 is 0 Å². The Bertz CT molecular complexity index is 374. The highest BCUT2D eigenvalue weighted by molar-refractivity contribution is 5.27. The molecule has 1 fully saturated rings. The largest absolute Gasteiger partial charge is 0.207 e. The highest BCUT2D eigenvalue weighted by atomic mass is 19.1. The standard InChI is InChI=1S/C13H14FN/c14-13-8-4-3-7-11(13)12(9-15)10-5-1-2-6-10/h3-4,7-8,10,12H,1-2,5-6H2. The first-order valence-electron chi connectivity index (χ1n) is 5.47. The zero-order valence-corrected chi connectivity index (χ0v) is 8.62. The first kappa shape index (κ1) is 10.2. The maximum absolute atomic E-state index is 13.5. The van der Waals surface area contributed by atoms with E-state index in [1.165, 1.54) is 18.9 Å². The second-order valence-corrected chi connectivity index (χ2v) is 4.17. The summed E-state index contributed by atoms with van der Waals surface area (Å²) in [4.78, 5) is 0. The van der Waals surface area contributed by atoms with E-state index in [1.54, 1.807) is 18.2 Å². The number of rotatable bonds is 2. The average molecular weight is 203 g/mol. The summed E-state index contributed by atoms with van der Waals surface area (Å²) in [5.41, 5.74) is 0.576. The summed E-state index contributed by atoms with van der Waals surface area (Å²) in [6.45, 7) is 0. The predicted molar refractivity (Wildman–Crippen MR) is 56.7 cm³/mol.